The van der Waals surface area contributed by atoms with Crippen LogP contribution in [0.1, 0.15) is 34.1 Å². The van der Waals surface area contributed by atoms with Gasteiger partial charge in [0.05, 0.1) is 23.7 Å². The number of ketones is 1. The second-order valence-electron chi connectivity index (χ2n) is 8.17. The summed E-state index contributed by atoms with van der Waals surface area (Å²) in [6.45, 7) is 6.03. The van der Waals surface area contributed by atoms with E-state index in [1.54, 1.807) is 42.5 Å². The molecule has 2 heterocycles. The first-order valence-electron chi connectivity index (χ1n) is 11.2. The summed E-state index contributed by atoms with van der Waals surface area (Å²) in [5.74, 6) is -1.41. The summed E-state index contributed by atoms with van der Waals surface area (Å²) >= 11 is 0. The fourth-order valence-electron chi connectivity index (χ4n) is 4.23. The molecule has 2 saturated heterocycles. The molecule has 1 atom stereocenters. The number of hydrogen-bond acceptors (Lipinski definition) is 7. The van der Waals surface area contributed by atoms with Crippen molar-refractivity contribution in [2.45, 2.75) is 19.4 Å². The van der Waals surface area contributed by atoms with E-state index in [2.05, 4.69) is 16.7 Å². The van der Waals surface area contributed by atoms with E-state index in [9.17, 15) is 19.2 Å². The minimum atomic E-state index is -0.642. The highest BCUT2D eigenvalue weighted by atomic mass is 16.5. The van der Waals surface area contributed by atoms with Crippen molar-refractivity contribution in [3.05, 3.63) is 65.7 Å². The molecule has 2 aliphatic rings. The Morgan fingerprint density at radius 3 is 2.21 bits per heavy atom. The zero-order chi connectivity index (χ0) is 23.4. The van der Waals surface area contributed by atoms with E-state index < -0.39 is 12.0 Å². The first-order valence-corrected chi connectivity index (χ1v) is 11.2. The van der Waals surface area contributed by atoms with Crippen molar-refractivity contribution in [1.29, 1.82) is 0 Å². The molecule has 0 aromatic heterocycles. The molecule has 1 unspecified atom stereocenters. The predicted octanol–water partition coefficient (Wildman–Crippen LogP) is 2.00. The van der Waals surface area contributed by atoms with E-state index in [0.717, 1.165) is 32.7 Å². The zero-order valence-electron chi connectivity index (χ0n) is 18.6. The fraction of sp³-hybridized carbons (Fsp3) is 0.360. The van der Waals surface area contributed by atoms with Crippen molar-refractivity contribution < 1.29 is 23.9 Å². The first-order chi connectivity index (χ1) is 16.0. The van der Waals surface area contributed by atoms with Crippen LogP contribution in [0.2, 0.25) is 0 Å². The van der Waals surface area contributed by atoms with Crippen LogP contribution >= 0.6 is 0 Å². The quantitative estimate of drug-likeness (QED) is 0.363. The van der Waals surface area contributed by atoms with Crippen molar-refractivity contribution in [3.63, 3.8) is 0 Å². The number of rotatable bonds is 7. The van der Waals surface area contributed by atoms with Gasteiger partial charge in [0.25, 0.3) is 5.91 Å². The highest BCUT2D eigenvalue weighted by molar-refractivity contribution is 6.22. The lowest BCUT2D eigenvalue weighted by atomic mass is 10.1. The molecule has 0 saturated carbocycles. The van der Waals surface area contributed by atoms with Crippen molar-refractivity contribution >= 4 is 29.3 Å². The predicted molar refractivity (Wildman–Crippen MR) is 122 cm³/mol. The number of Topliss-reactive ketones (excluding diaryl/α,β-unsaturated/α-hetero) is 1. The largest absolute Gasteiger partial charge is 0.454 e. The lowest BCUT2D eigenvalue weighted by molar-refractivity contribution is -0.123. The van der Waals surface area contributed by atoms with Crippen molar-refractivity contribution in [1.82, 2.24) is 9.80 Å². The third kappa shape index (κ3) is 5.02. The molecule has 0 radical (unpaired) electrons. The van der Waals surface area contributed by atoms with Gasteiger partial charge in [-0.05, 0) is 30.8 Å². The molecule has 0 aliphatic carbocycles. The van der Waals surface area contributed by atoms with E-state index in [-0.39, 0.29) is 36.2 Å². The van der Waals surface area contributed by atoms with Crippen LogP contribution in [0, 0.1) is 0 Å². The Hall–Kier alpha value is -3.36. The van der Waals surface area contributed by atoms with Gasteiger partial charge in [-0.25, -0.2) is 9.69 Å². The molecule has 8 nitrogen and oxygen atoms in total. The van der Waals surface area contributed by atoms with Crippen LogP contribution in [0.4, 0.5) is 5.69 Å². The lowest BCUT2D eigenvalue weighted by Gasteiger charge is -2.36. The Bertz CT molecular complexity index is 1030. The SMILES string of the molecule is CCN1CCN(C2CC(=O)N(c3ccc(C(=O)OCC(=O)c4ccccc4)cc3)C2=O)CC1. The fourth-order valence-corrected chi connectivity index (χ4v) is 4.23. The minimum absolute atomic E-state index is 0.163. The number of hydrogen-bond donors (Lipinski definition) is 0. The van der Waals surface area contributed by atoms with Crippen molar-refractivity contribution in [2.75, 3.05) is 44.2 Å². The van der Waals surface area contributed by atoms with Gasteiger partial charge in [-0.3, -0.25) is 19.3 Å². The normalized spacial score (nSPS) is 19.7. The summed E-state index contributed by atoms with van der Waals surface area (Å²) in [6.07, 6.45) is 0.163. The molecule has 2 fully saturated rings. The molecule has 0 spiro atoms. The highest BCUT2D eigenvalue weighted by Gasteiger charge is 2.43. The van der Waals surface area contributed by atoms with Crippen LogP contribution in [0.3, 0.4) is 0 Å². The minimum Gasteiger partial charge on any atom is -0.454 e. The highest BCUT2D eigenvalue weighted by Crippen LogP contribution is 2.26. The lowest BCUT2D eigenvalue weighted by Crippen LogP contribution is -2.52. The number of carbonyl (C=O) groups excluding carboxylic acids is 4. The molecule has 0 bridgehead atoms. The molecule has 2 aromatic rings. The standard InChI is InChI=1S/C25H27N3O5/c1-2-26-12-14-27(15-13-26)21-16-23(30)28(24(21)31)20-10-8-19(9-11-20)25(32)33-17-22(29)18-6-4-3-5-7-18/h3-11,21H,2,12-17H2,1H3. The summed E-state index contributed by atoms with van der Waals surface area (Å²) < 4.78 is 5.12. The Morgan fingerprint density at radius 1 is 0.909 bits per heavy atom. The zero-order valence-corrected chi connectivity index (χ0v) is 18.6. The molecule has 2 amide bonds. The van der Waals surface area contributed by atoms with Crippen molar-refractivity contribution in [3.8, 4) is 0 Å². The van der Waals surface area contributed by atoms with E-state index in [1.165, 1.54) is 17.0 Å². The summed E-state index contributed by atoms with van der Waals surface area (Å²) in [6, 6.07) is 14.3. The topological polar surface area (TPSA) is 87.2 Å². The number of esters is 1. The van der Waals surface area contributed by atoms with Crippen molar-refractivity contribution in [2.24, 2.45) is 0 Å². The molecular weight excluding hydrogens is 422 g/mol. The van der Waals surface area contributed by atoms with Gasteiger partial charge in [0, 0.05) is 31.7 Å². The van der Waals surface area contributed by atoms with Gasteiger partial charge >= 0.3 is 5.97 Å². The second kappa shape index (κ2) is 10.1. The van der Waals surface area contributed by atoms with Crippen LogP contribution in [0.5, 0.6) is 0 Å². The summed E-state index contributed by atoms with van der Waals surface area (Å²) in [5, 5.41) is 0. The van der Waals surface area contributed by atoms with Crippen LogP contribution in [0.15, 0.2) is 54.6 Å². The number of likely N-dealkylation sites (N-methyl/N-ethyl adjacent to an activating group) is 1. The molecule has 8 heteroatoms. The maximum atomic E-state index is 13.0. The molecule has 0 N–H and O–H groups in total. The summed E-state index contributed by atoms with van der Waals surface area (Å²) in [5.41, 5.74) is 1.14. The number of amides is 2. The van der Waals surface area contributed by atoms with Crippen LogP contribution in [-0.2, 0) is 14.3 Å². The van der Waals surface area contributed by atoms with E-state index in [4.69, 9.17) is 4.74 Å². The van der Waals surface area contributed by atoms with E-state index >= 15 is 0 Å². The average molecular weight is 450 g/mol. The number of ether oxygens (including phenoxy) is 1. The number of imide groups is 1. The third-order valence-corrected chi connectivity index (χ3v) is 6.21. The molecule has 33 heavy (non-hydrogen) atoms. The Kier molecular flexibility index (Phi) is 6.96. The van der Waals surface area contributed by atoms with Gasteiger partial charge in [0.1, 0.15) is 0 Å². The maximum Gasteiger partial charge on any atom is 0.338 e. The van der Waals surface area contributed by atoms with E-state index in [1.807, 2.05) is 0 Å². The third-order valence-electron chi connectivity index (χ3n) is 6.21. The van der Waals surface area contributed by atoms with Gasteiger partial charge in [-0.2, -0.15) is 0 Å². The molecular formula is C25H27N3O5. The summed E-state index contributed by atoms with van der Waals surface area (Å²) in [7, 11) is 0. The molecule has 4 rings (SSSR count). The number of anilines is 1. The average Bonchev–Trinajstić information content (AvgIpc) is 3.16. The monoisotopic (exact) mass is 449 g/mol. The van der Waals surface area contributed by atoms with Crippen LogP contribution in [-0.4, -0.2) is 78.7 Å². The Balaban J connectivity index is 1.36. The molecule has 172 valence electrons. The first kappa shape index (κ1) is 22.8. The number of carbonyl (C=O) groups is 4. The van der Waals surface area contributed by atoms with Gasteiger partial charge in [-0.15, -0.1) is 0 Å². The smallest absolute Gasteiger partial charge is 0.338 e. The summed E-state index contributed by atoms with van der Waals surface area (Å²) in [4.78, 5) is 55.7. The van der Waals surface area contributed by atoms with Gasteiger partial charge < -0.3 is 9.64 Å². The molecule has 2 aliphatic heterocycles. The van der Waals surface area contributed by atoms with Gasteiger partial charge in [0.2, 0.25) is 5.91 Å². The maximum absolute atomic E-state index is 13.0. The number of benzene rings is 2. The molecule has 2 aromatic carbocycles. The van der Waals surface area contributed by atoms with E-state index in [0.29, 0.717) is 11.3 Å². The van der Waals surface area contributed by atoms with Crippen LogP contribution in [0.25, 0.3) is 0 Å². The van der Waals surface area contributed by atoms with Gasteiger partial charge in [0.15, 0.2) is 12.4 Å². The second-order valence-corrected chi connectivity index (χ2v) is 8.17. The van der Waals surface area contributed by atoms with Gasteiger partial charge in [-0.1, -0.05) is 37.3 Å². The number of nitrogens with zero attached hydrogens (tertiary/aromatic N) is 3. The Morgan fingerprint density at radius 2 is 1.58 bits per heavy atom. The van der Waals surface area contributed by atoms with Crippen LogP contribution < -0.4 is 4.90 Å². The Labute approximate surface area is 192 Å². The number of piperazine rings is 1.